The van der Waals surface area contributed by atoms with E-state index in [0.29, 0.717) is 12.0 Å². The Kier molecular flexibility index (Phi) is 6.45. The molecular weight excluding hydrogens is 330 g/mol. The van der Waals surface area contributed by atoms with Crippen LogP contribution in [0.2, 0.25) is 0 Å². The van der Waals surface area contributed by atoms with Gasteiger partial charge in [-0.25, -0.2) is 4.68 Å². The fourth-order valence-electron chi connectivity index (χ4n) is 4.28. The maximum absolute atomic E-state index is 11.1. The lowest BCUT2D eigenvalue weighted by Crippen LogP contribution is -2.56. The van der Waals surface area contributed by atoms with Crippen molar-refractivity contribution in [1.29, 1.82) is 0 Å². The number of likely N-dealkylation sites (N-methyl/N-ethyl adjacent to an activating group) is 1. The van der Waals surface area contributed by atoms with E-state index < -0.39 is 5.97 Å². The van der Waals surface area contributed by atoms with E-state index in [1.54, 1.807) is 10.9 Å². The van der Waals surface area contributed by atoms with Crippen molar-refractivity contribution in [1.82, 2.24) is 24.5 Å². The Morgan fingerprint density at radius 3 is 2.77 bits per heavy atom. The molecule has 2 aliphatic heterocycles. The topological polar surface area (TPSA) is 64.8 Å². The lowest BCUT2D eigenvalue weighted by Gasteiger charge is -2.46. The fourth-order valence-corrected chi connectivity index (χ4v) is 4.28. The molecule has 3 heterocycles. The molecule has 2 fully saturated rings. The average molecular weight is 361 g/mol. The summed E-state index contributed by atoms with van der Waals surface area (Å²) in [5.74, 6) is -0.274. The number of hydrogen-bond donors (Lipinski definition) is 1. The van der Waals surface area contributed by atoms with Gasteiger partial charge in [0.1, 0.15) is 0 Å². The Morgan fingerprint density at radius 2 is 2.12 bits per heavy atom. The minimum atomic E-state index is -0.688. The number of aliphatic carboxylic acids is 1. The van der Waals surface area contributed by atoms with Crippen molar-refractivity contribution in [3.05, 3.63) is 24.5 Å². The van der Waals surface area contributed by atoms with E-state index in [1.165, 1.54) is 5.56 Å². The van der Waals surface area contributed by atoms with Gasteiger partial charge in [-0.15, -0.1) is 0 Å². The standard InChI is InChI=1S/C19H31N5O2/c1-3-24-14-16(12-20-24)13-22-7-6-18(17(15-22)4-5-19(25)26)23-10-8-21(2)9-11-23/h3,12,14,17-18H,1,4-11,13,15H2,2H3,(H,25,26). The van der Waals surface area contributed by atoms with Gasteiger partial charge in [0.15, 0.2) is 0 Å². The Bertz CT molecular complexity index is 609. The van der Waals surface area contributed by atoms with E-state index >= 15 is 0 Å². The van der Waals surface area contributed by atoms with Gasteiger partial charge in [0, 0.05) is 69.7 Å². The number of carboxylic acid groups (broad SMARTS) is 1. The largest absolute Gasteiger partial charge is 0.481 e. The molecule has 0 spiro atoms. The van der Waals surface area contributed by atoms with Gasteiger partial charge in [-0.1, -0.05) is 6.58 Å². The van der Waals surface area contributed by atoms with Crippen LogP contribution in [0.1, 0.15) is 24.8 Å². The van der Waals surface area contributed by atoms with Crippen LogP contribution < -0.4 is 0 Å². The van der Waals surface area contributed by atoms with Crippen LogP contribution in [0.3, 0.4) is 0 Å². The molecule has 0 bridgehead atoms. The van der Waals surface area contributed by atoms with Crippen LogP contribution in [0.4, 0.5) is 0 Å². The lowest BCUT2D eigenvalue weighted by molar-refractivity contribution is -0.137. The zero-order valence-electron chi connectivity index (χ0n) is 15.8. The average Bonchev–Trinajstić information content (AvgIpc) is 3.08. The van der Waals surface area contributed by atoms with Gasteiger partial charge in [-0.05, 0) is 32.4 Å². The SMILES string of the molecule is C=Cn1cc(CN2CCC(N3CCN(C)CC3)C(CCC(=O)O)C2)cn1. The molecule has 2 unspecified atom stereocenters. The number of carbonyl (C=O) groups is 1. The number of likely N-dealkylation sites (tertiary alicyclic amines) is 1. The van der Waals surface area contributed by atoms with Crippen molar-refractivity contribution in [2.24, 2.45) is 5.92 Å². The summed E-state index contributed by atoms with van der Waals surface area (Å²) in [6, 6.07) is 0.509. The van der Waals surface area contributed by atoms with Gasteiger partial charge in [0.05, 0.1) is 6.20 Å². The zero-order chi connectivity index (χ0) is 18.5. The highest BCUT2D eigenvalue weighted by atomic mass is 16.4. The number of rotatable bonds is 7. The van der Waals surface area contributed by atoms with Crippen LogP contribution in [0.25, 0.3) is 6.20 Å². The molecule has 1 aromatic rings. The summed E-state index contributed by atoms with van der Waals surface area (Å²) in [5.41, 5.74) is 1.18. The normalized spacial score (nSPS) is 26.0. The number of aromatic nitrogens is 2. The van der Waals surface area contributed by atoms with Crippen LogP contribution in [0, 0.1) is 5.92 Å². The Hall–Kier alpha value is -1.70. The fraction of sp³-hybridized carbons (Fsp3) is 0.684. The third kappa shape index (κ3) is 4.93. The highest BCUT2D eigenvalue weighted by molar-refractivity contribution is 5.66. The smallest absolute Gasteiger partial charge is 0.303 e. The van der Waals surface area contributed by atoms with Crippen molar-refractivity contribution in [3.63, 3.8) is 0 Å². The molecule has 3 rings (SSSR count). The van der Waals surface area contributed by atoms with Crippen LogP contribution in [-0.4, -0.2) is 87.9 Å². The second-order valence-electron chi connectivity index (χ2n) is 7.63. The van der Waals surface area contributed by atoms with Crippen LogP contribution in [0.15, 0.2) is 19.0 Å². The first-order valence-electron chi connectivity index (χ1n) is 9.57. The highest BCUT2D eigenvalue weighted by Gasteiger charge is 2.34. The minimum absolute atomic E-state index is 0.261. The summed E-state index contributed by atoms with van der Waals surface area (Å²) in [4.78, 5) is 18.5. The summed E-state index contributed by atoms with van der Waals surface area (Å²) in [6.45, 7) is 11.0. The van der Waals surface area contributed by atoms with Gasteiger partial charge >= 0.3 is 5.97 Å². The van der Waals surface area contributed by atoms with Crippen molar-refractivity contribution in [2.45, 2.75) is 31.8 Å². The van der Waals surface area contributed by atoms with Gasteiger partial charge in [0.2, 0.25) is 0 Å². The van der Waals surface area contributed by atoms with E-state index in [9.17, 15) is 4.79 Å². The lowest BCUT2D eigenvalue weighted by atomic mass is 9.86. The summed E-state index contributed by atoms with van der Waals surface area (Å²) in [7, 11) is 2.17. The van der Waals surface area contributed by atoms with Gasteiger partial charge in [-0.3, -0.25) is 14.6 Å². The van der Waals surface area contributed by atoms with Crippen LogP contribution >= 0.6 is 0 Å². The molecular formula is C19H31N5O2. The van der Waals surface area contributed by atoms with Crippen molar-refractivity contribution >= 4 is 12.2 Å². The van der Waals surface area contributed by atoms with Gasteiger partial charge < -0.3 is 10.0 Å². The number of carboxylic acids is 1. The molecule has 0 amide bonds. The first kappa shape index (κ1) is 19.1. The monoisotopic (exact) mass is 361 g/mol. The van der Waals surface area contributed by atoms with Crippen LogP contribution in [-0.2, 0) is 11.3 Å². The van der Waals surface area contributed by atoms with Crippen molar-refractivity contribution < 1.29 is 9.90 Å². The van der Waals surface area contributed by atoms with E-state index in [1.807, 2.05) is 12.4 Å². The Labute approximate surface area is 155 Å². The van der Waals surface area contributed by atoms with Crippen LogP contribution in [0.5, 0.6) is 0 Å². The van der Waals surface area contributed by atoms with E-state index in [-0.39, 0.29) is 6.42 Å². The summed E-state index contributed by atoms with van der Waals surface area (Å²) < 4.78 is 1.73. The number of piperazine rings is 1. The molecule has 2 aliphatic rings. The van der Waals surface area contributed by atoms with E-state index in [4.69, 9.17) is 5.11 Å². The molecule has 7 heteroatoms. The van der Waals surface area contributed by atoms with E-state index in [0.717, 1.165) is 58.7 Å². The predicted molar refractivity (Wildman–Crippen MR) is 102 cm³/mol. The Balaban J connectivity index is 1.62. The second kappa shape index (κ2) is 8.79. The van der Waals surface area contributed by atoms with Crippen molar-refractivity contribution in [2.75, 3.05) is 46.3 Å². The first-order chi connectivity index (χ1) is 12.5. The summed E-state index contributed by atoms with van der Waals surface area (Å²) in [6.07, 6.45) is 7.72. The predicted octanol–water partition coefficient (Wildman–Crippen LogP) is 1.29. The first-order valence-corrected chi connectivity index (χ1v) is 9.57. The molecule has 2 saturated heterocycles. The molecule has 7 nitrogen and oxygen atoms in total. The Morgan fingerprint density at radius 1 is 1.35 bits per heavy atom. The molecule has 1 N–H and O–H groups in total. The molecule has 0 radical (unpaired) electrons. The molecule has 2 atom stereocenters. The number of piperidine rings is 1. The summed E-state index contributed by atoms with van der Waals surface area (Å²) >= 11 is 0. The third-order valence-corrected chi connectivity index (χ3v) is 5.76. The second-order valence-corrected chi connectivity index (χ2v) is 7.63. The zero-order valence-corrected chi connectivity index (χ0v) is 15.8. The molecule has 0 aliphatic carbocycles. The van der Waals surface area contributed by atoms with Crippen molar-refractivity contribution in [3.8, 4) is 0 Å². The molecule has 1 aromatic heterocycles. The highest BCUT2D eigenvalue weighted by Crippen LogP contribution is 2.28. The molecule has 144 valence electrons. The molecule has 0 aromatic carbocycles. The van der Waals surface area contributed by atoms with E-state index in [2.05, 4.69) is 33.4 Å². The van der Waals surface area contributed by atoms with Gasteiger partial charge in [-0.2, -0.15) is 5.10 Å². The van der Waals surface area contributed by atoms with Gasteiger partial charge in [0.25, 0.3) is 0 Å². The maximum Gasteiger partial charge on any atom is 0.303 e. The molecule has 0 saturated carbocycles. The minimum Gasteiger partial charge on any atom is -0.481 e. The maximum atomic E-state index is 11.1. The summed E-state index contributed by atoms with van der Waals surface area (Å²) in [5, 5.41) is 13.4. The quantitative estimate of drug-likeness (QED) is 0.789. The number of nitrogens with zero attached hydrogens (tertiary/aromatic N) is 5. The third-order valence-electron chi connectivity index (χ3n) is 5.76. The molecule has 26 heavy (non-hydrogen) atoms. The number of hydrogen-bond acceptors (Lipinski definition) is 5.